The average molecular weight is 319 g/mol. The van der Waals surface area contributed by atoms with Crippen LogP contribution in [0.2, 0.25) is 0 Å². The molecule has 22 heavy (non-hydrogen) atoms. The van der Waals surface area contributed by atoms with Crippen molar-refractivity contribution in [2.75, 3.05) is 26.2 Å². The average Bonchev–Trinajstić information content (AvgIpc) is 2.40. The highest BCUT2D eigenvalue weighted by molar-refractivity contribution is 5.89. The maximum absolute atomic E-state index is 14.4. The first-order valence-corrected chi connectivity index (χ1v) is 7.26. The lowest BCUT2D eigenvalue weighted by Crippen LogP contribution is -2.58. The topological polar surface area (TPSA) is 61.4 Å². The molecule has 0 aliphatic carbocycles. The molecule has 2 saturated heterocycles. The van der Waals surface area contributed by atoms with Crippen LogP contribution in [0, 0.1) is 0 Å². The Hall–Kier alpha value is -1.57. The fourth-order valence-electron chi connectivity index (χ4n) is 2.63. The Morgan fingerprint density at radius 3 is 2.64 bits per heavy atom. The van der Waals surface area contributed by atoms with Gasteiger partial charge < -0.3 is 15.5 Å². The van der Waals surface area contributed by atoms with Gasteiger partial charge in [0.25, 0.3) is 11.8 Å². The summed E-state index contributed by atoms with van der Waals surface area (Å²) in [5.41, 5.74) is -1.90. The molecule has 2 amide bonds. The zero-order valence-corrected chi connectivity index (χ0v) is 12.4. The van der Waals surface area contributed by atoms with Gasteiger partial charge in [0.05, 0.1) is 13.1 Å². The summed E-state index contributed by atoms with van der Waals surface area (Å²) in [5.74, 6) is -4.04. The Balaban J connectivity index is 1.73. The highest BCUT2D eigenvalue weighted by Crippen LogP contribution is 2.27. The van der Waals surface area contributed by atoms with Crippen molar-refractivity contribution in [2.24, 2.45) is 0 Å². The van der Waals surface area contributed by atoms with Gasteiger partial charge in [-0.25, -0.2) is 13.2 Å². The van der Waals surface area contributed by atoms with E-state index in [2.05, 4.69) is 10.6 Å². The van der Waals surface area contributed by atoms with Gasteiger partial charge in [0.2, 0.25) is 5.91 Å². The fourth-order valence-corrected chi connectivity index (χ4v) is 2.63. The minimum absolute atomic E-state index is 0.0116. The van der Waals surface area contributed by atoms with Gasteiger partial charge in [0, 0.05) is 31.5 Å². The molecule has 0 bridgehead atoms. The summed E-state index contributed by atoms with van der Waals surface area (Å²) in [5, 5.41) is 5.47. The van der Waals surface area contributed by atoms with Gasteiger partial charge in [0.15, 0.2) is 5.67 Å². The molecule has 2 N–H and O–H groups in total. The number of hydrogen-bond donors (Lipinski definition) is 2. The molecule has 2 aliphatic rings. The molecule has 8 heteroatoms. The first-order chi connectivity index (χ1) is 10.2. The molecule has 0 aromatic rings. The van der Waals surface area contributed by atoms with Crippen molar-refractivity contribution in [1.82, 2.24) is 15.5 Å². The second-order valence-electron chi connectivity index (χ2n) is 5.94. The normalized spacial score (nSPS) is 30.9. The lowest BCUT2D eigenvalue weighted by molar-refractivity contribution is -0.160. The molecule has 0 unspecified atom stereocenters. The largest absolute Gasteiger partial charge is 0.350 e. The molecule has 124 valence electrons. The van der Waals surface area contributed by atoms with Crippen molar-refractivity contribution in [1.29, 1.82) is 0 Å². The predicted molar refractivity (Wildman–Crippen MR) is 74.2 cm³/mol. The number of rotatable bonds is 4. The minimum Gasteiger partial charge on any atom is -0.350 e. The zero-order valence-electron chi connectivity index (χ0n) is 12.4. The summed E-state index contributed by atoms with van der Waals surface area (Å²) < 4.78 is 39.6. The van der Waals surface area contributed by atoms with Crippen LogP contribution >= 0.6 is 0 Å². The number of amides is 2. The van der Waals surface area contributed by atoms with Crippen LogP contribution in [0.5, 0.6) is 0 Å². The van der Waals surface area contributed by atoms with Crippen molar-refractivity contribution in [2.45, 2.75) is 37.4 Å². The number of hydrogen-bond acceptors (Lipinski definition) is 3. The zero-order chi connectivity index (χ0) is 16.4. The summed E-state index contributed by atoms with van der Waals surface area (Å²) in [6, 6.07) is -0.0743. The first-order valence-electron chi connectivity index (χ1n) is 7.26. The molecule has 2 aliphatic heterocycles. The van der Waals surface area contributed by atoms with Crippen molar-refractivity contribution >= 4 is 11.8 Å². The second-order valence-corrected chi connectivity index (χ2v) is 5.94. The van der Waals surface area contributed by atoms with Crippen LogP contribution in [0.3, 0.4) is 0 Å². The molecule has 0 aromatic heterocycles. The summed E-state index contributed by atoms with van der Waals surface area (Å²) in [7, 11) is 0. The summed E-state index contributed by atoms with van der Waals surface area (Å²) in [6.45, 7) is 1.06. The maximum Gasteiger partial charge on any atom is 0.282 e. The van der Waals surface area contributed by atoms with Crippen LogP contribution in [0.15, 0.2) is 12.2 Å². The quantitative estimate of drug-likeness (QED) is 0.747. The molecular weight excluding hydrogens is 299 g/mol. The van der Waals surface area contributed by atoms with Gasteiger partial charge in [0.1, 0.15) is 0 Å². The van der Waals surface area contributed by atoms with Crippen LogP contribution in [-0.4, -0.2) is 60.5 Å². The molecule has 2 heterocycles. The standard InChI is InChI=1S/C14H20F3N3O2/c1-10-7-13(15,4-6-18-10)12(22)19-5-2-3-11(21)20-8-14(16,17)9-20/h2-3,10,18H,4-9H2,1H3,(H,19,22)/b3-2-/t10-,13+/m1/s1. The molecule has 0 spiro atoms. The van der Waals surface area contributed by atoms with E-state index in [0.717, 1.165) is 11.0 Å². The number of alkyl halides is 3. The summed E-state index contributed by atoms with van der Waals surface area (Å²) >= 11 is 0. The first kappa shape index (κ1) is 16.8. The maximum atomic E-state index is 14.4. The highest BCUT2D eigenvalue weighted by Gasteiger charge is 2.45. The highest BCUT2D eigenvalue weighted by atomic mass is 19.3. The van der Waals surface area contributed by atoms with Gasteiger partial charge in [-0.2, -0.15) is 0 Å². The van der Waals surface area contributed by atoms with Crippen molar-refractivity contribution in [3.8, 4) is 0 Å². The SMILES string of the molecule is C[C@@H]1C[C@](F)(C(=O)NC/C=C\C(=O)N2CC(F)(F)C2)CCN1. The van der Waals surface area contributed by atoms with Crippen molar-refractivity contribution in [3.05, 3.63) is 12.2 Å². The van der Waals surface area contributed by atoms with Crippen LogP contribution in [0.1, 0.15) is 19.8 Å². The van der Waals surface area contributed by atoms with E-state index in [1.807, 2.05) is 6.92 Å². The Labute approximate surface area is 126 Å². The lowest BCUT2D eigenvalue weighted by Gasteiger charge is -2.37. The third kappa shape index (κ3) is 4.00. The van der Waals surface area contributed by atoms with E-state index in [-0.39, 0.29) is 25.4 Å². The number of carbonyl (C=O) groups is 2. The molecule has 5 nitrogen and oxygen atoms in total. The number of carbonyl (C=O) groups excluding carboxylic acids is 2. The van der Waals surface area contributed by atoms with Gasteiger partial charge in [-0.05, 0) is 13.5 Å². The fraction of sp³-hybridized carbons (Fsp3) is 0.714. The molecule has 2 fully saturated rings. The Morgan fingerprint density at radius 1 is 1.36 bits per heavy atom. The van der Waals surface area contributed by atoms with Crippen LogP contribution in [0.4, 0.5) is 13.2 Å². The molecule has 0 radical (unpaired) electrons. The summed E-state index contributed by atoms with van der Waals surface area (Å²) in [6.07, 6.45) is 2.66. The monoisotopic (exact) mass is 319 g/mol. The van der Waals surface area contributed by atoms with Gasteiger partial charge in [-0.1, -0.05) is 6.08 Å². The minimum atomic E-state index is -2.80. The molecule has 0 saturated carbocycles. The van der Waals surface area contributed by atoms with E-state index in [4.69, 9.17) is 0 Å². The van der Waals surface area contributed by atoms with E-state index in [9.17, 15) is 22.8 Å². The van der Waals surface area contributed by atoms with Gasteiger partial charge >= 0.3 is 0 Å². The third-order valence-corrected chi connectivity index (χ3v) is 3.85. The van der Waals surface area contributed by atoms with Gasteiger partial charge in [-0.15, -0.1) is 0 Å². The lowest BCUT2D eigenvalue weighted by atomic mass is 9.89. The van der Waals surface area contributed by atoms with E-state index in [1.54, 1.807) is 0 Å². The predicted octanol–water partition coefficient (Wildman–Crippen LogP) is 0.616. The number of nitrogens with one attached hydrogen (secondary N) is 2. The second kappa shape index (κ2) is 6.28. The van der Waals surface area contributed by atoms with Crippen LogP contribution in [0.25, 0.3) is 0 Å². The Kier molecular flexibility index (Phi) is 4.79. The van der Waals surface area contributed by atoms with E-state index >= 15 is 0 Å². The van der Waals surface area contributed by atoms with E-state index in [0.29, 0.717) is 6.54 Å². The molecule has 0 aromatic carbocycles. The van der Waals surface area contributed by atoms with E-state index < -0.39 is 36.5 Å². The summed E-state index contributed by atoms with van der Waals surface area (Å²) in [4.78, 5) is 24.3. The van der Waals surface area contributed by atoms with Crippen molar-refractivity contribution < 1.29 is 22.8 Å². The van der Waals surface area contributed by atoms with E-state index in [1.165, 1.54) is 6.08 Å². The number of likely N-dealkylation sites (tertiary alicyclic amines) is 1. The third-order valence-electron chi connectivity index (χ3n) is 3.85. The van der Waals surface area contributed by atoms with Crippen LogP contribution < -0.4 is 10.6 Å². The number of piperidine rings is 1. The molecule has 2 atom stereocenters. The van der Waals surface area contributed by atoms with Crippen molar-refractivity contribution in [3.63, 3.8) is 0 Å². The molecule has 2 rings (SSSR count). The Bertz CT molecular complexity index is 476. The Morgan fingerprint density at radius 2 is 2.05 bits per heavy atom. The number of nitrogens with zero attached hydrogens (tertiary/aromatic N) is 1. The smallest absolute Gasteiger partial charge is 0.282 e. The number of halogens is 3. The van der Waals surface area contributed by atoms with Gasteiger partial charge in [-0.3, -0.25) is 9.59 Å². The molecular formula is C14H20F3N3O2. The van der Waals surface area contributed by atoms with Crippen LogP contribution in [-0.2, 0) is 9.59 Å².